The minimum Gasteiger partial charge on any atom is -0.357 e. The molecule has 4 aromatic heterocycles. The maximum atomic E-state index is 12.1. The maximum absolute atomic E-state index is 12.1. The lowest BCUT2D eigenvalue weighted by molar-refractivity contribution is 0.872. The molecule has 0 bridgehead atoms. The Morgan fingerprint density at radius 1 is 1.33 bits per heavy atom. The number of imidazole rings is 1. The molecule has 0 aromatic carbocycles. The number of nitrogens with one attached hydrogen (secondary N) is 2. The smallest absolute Gasteiger partial charge is 0.274 e. The summed E-state index contributed by atoms with van der Waals surface area (Å²) in [6, 6.07) is 3.92. The highest BCUT2D eigenvalue weighted by Crippen LogP contribution is 2.27. The van der Waals surface area contributed by atoms with Crippen LogP contribution < -0.4 is 5.56 Å². The Balaban J connectivity index is 2.05. The molecule has 0 amide bonds. The van der Waals surface area contributed by atoms with Crippen molar-refractivity contribution in [1.82, 2.24) is 24.5 Å². The first-order valence-corrected chi connectivity index (χ1v) is 6.63. The van der Waals surface area contributed by atoms with E-state index in [-0.39, 0.29) is 5.56 Å². The molecular weight excluding hydrogens is 266 g/mol. The van der Waals surface area contributed by atoms with Crippen molar-refractivity contribution in [1.29, 1.82) is 0 Å². The van der Waals surface area contributed by atoms with Gasteiger partial charge < -0.3 is 14.5 Å². The number of pyridine rings is 2. The van der Waals surface area contributed by atoms with Gasteiger partial charge in [0.1, 0.15) is 11.3 Å². The molecule has 4 aromatic rings. The van der Waals surface area contributed by atoms with Gasteiger partial charge >= 0.3 is 0 Å². The molecule has 0 spiro atoms. The van der Waals surface area contributed by atoms with Crippen molar-refractivity contribution < 1.29 is 0 Å². The van der Waals surface area contributed by atoms with E-state index >= 15 is 0 Å². The van der Waals surface area contributed by atoms with Crippen molar-refractivity contribution >= 4 is 22.1 Å². The summed E-state index contributed by atoms with van der Waals surface area (Å²) in [6.45, 7) is 1.90. The summed E-state index contributed by atoms with van der Waals surface area (Å²) in [5.41, 5.74) is 4.08. The molecular formula is C15H13N5O. The topological polar surface area (TPSA) is 79.4 Å². The van der Waals surface area contributed by atoms with E-state index in [1.807, 2.05) is 25.3 Å². The first-order chi connectivity index (χ1) is 10.1. The number of rotatable bonds is 1. The van der Waals surface area contributed by atoms with Gasteiger partial charge in [0.05, 0.1) is 5.52 Å². The minimum absolute atomic E-state index is 0.0369. The Bertz CT molecular complexity index is 1040. The molecule has 6 heteroatoms. The monoisotopic (exact) mass is 279 g/mol. The van der Waals surface area contributed by atoms with E-state index in [2.05, 4.69) is 19.9 Å². The summed E-state index contributed by atoms with van der Waals surface area (Å²) < 4.78 is 1.58. The SMILES string of the molecule is Cc1nc2ncc(-c3cn(C)c(=O)c4[nH]ccc34)cc2[nH]1. The third-order valence-electron chi connectivity index (χ3n) is 3.66. The van der Waals surface area contributed by atoms with Crippen LogP contribution in [0.4, 0.5) is 0 Å². The Morgan fingerprint density at radius 3 is 3.05 bits per heavy atom. The molecule has 0 radical (unpaired) electrons. The van der Waals surface area contributed by atoms with Crippen LogP contribution in [-0.4, -0.2) is 24.5 Å². The number of aryl methyl sites for hydroxylation is 2. The molecule has 0 aliphatic heterocycles. The third kappa shape index (κ3) is 1.69. The van der Waals surface area contributed by atoms with Gasteiger partial charge in [0.25, 0.3) is 5.56 Å². The first kappa shape index (κ1) is 11.9. The van der Waals surface area contributed by atoms with E-state index in [9.17, 15) is 4.79 Å². The molecule has 0 unspecified atom stereocenters. The molecule has 0 aliphatic rings. The average Bonchev–Trinajstić information content (AvgIpc) is 3.07. The molecule has 0 saturated carbocycles. The van der Waals surface area contributed by atoms with Gasteiger partial charge in [0, 0.05) is 42.2 Å². The van der Waals surface area contributed by atoms with Crippen LogP contribution in [0, 0.1) is 6.92 Å². The molecule has 0 fully saturated rings. The summed E-state index contributed by atoms with van der Waals surface area (Å²) >= 11 is 0. The van der Waals surface area contributed by atoms with E-state index in [1.54, 1.807) is 24.0 Å². The van der Waals surface area contributed by atoms with E-state index < -0.39 is 0 Å². The molecule has 0 saturated heterocycles. The Labute approximate surface area is 119 Å². The lowest BCUT2D eigenvalue weighted by atomic mass is 10.1. The predicted octanol–water partition coefficient (Wildman–Crippen LogP) is 2.11. The van der Waals surface area contributed by atoms with E-state index in [1.165, 1.54) is 0 Å². The van der Waals surface area contributed by atoms with Crippen LogP contribution in [0.5, 0.6) is 0 Å². The van der Waals surface area contributed by atoms with Gasteiger partial charge in [0.2, 0.25) is 0 Å². The number of hydrogen-bond donors (Lipinski definition) is 2. The number of aromatic amines is 2. The molecule has 6 nitrogen and oxygen atoms in total. The van der Waals surface area contributed by atoms with Crippen molar-refractivity contribution in [2.45, 2.75) is 6.92 Å². The Morgan fingerprint density at radius 2 is 2.19 bits per heavy atom. The van der Waals surface area contributed by atoms with Gasteiger partial charge in [-0.15, -0.1) is 0 Å². The summed E-state index contributed by atoms with van der Waals surface area (Å²) in [6.07, 6.45) is 5.40. The molecule has 4 rings (SSSR count). The highest BCUT2D eigenvalue weighted by atomic mass is 16.1. The fourth-order valence-corrected chi connectivity index (χ4v) is 2.67. The number of hydrogen-bond acceptors (Lipinski definition) is 3. The molecule has 4 heterocycles. The van der Waals surface area contributed by atoms with E-state index in [4.69, 9.17) is 0 Å². The standard InChI is InChI=1S/C15H13N5O/c1-8-18-12-5-9(6-17-14(12)19-8)11-7-20(2)15(21)13-10(11)3-4-16-13/h3-7,16H,1-2H3,(H,17,18,19). The van der Waals surface area contributed by atoms with Gasteiger partial charge in [-0.25, -0.2) is 9.97 Å². The predicted molar refractivity (Wildman–Crippen MR) is 81.2 cm³/mol. The van der Waals surface area contributed by atoms with Gasteiger partial charge in [0.15, 0.2) is 5.65 Å². The van der Waals surface area contributed by atoms with E-state index in [0.717, 1.165) is 27.9 Å². The van der Waals surface area contributed by atoms with E-state index in [0.29, 0.717) is 11.2 Å². The van der Waals surface area contributed by atoms with Gasteiger partial charge in [-0.3, -0.25) is 4.79 Å². The molecule has 2 N–H and O–H groups in total. The number of fused-ring (bicyclic) bond motifs is 2. The average molecular weight is 279 g/mol. The van der Waals surface area contributed by atoms with Crippen LogP contribution in [0.25, 0.3) is 33.2 Å². The van der Waals surface area contributed by atoms with Crippen LogP contribution in [0.15, 0.2) is 35.5 Å². The summed E-state index contributed by atoms with van der Waals surface area (Å²) in [5.74, 6) is 0.835. The van der Waals surface area contributed by atoms with Crippen molar-refractivity contribution in [3.8, 4) is 11.1 Å². The van der Waals surface area contributed by atoms with Crippen LogP contribution in [0.1, 0.15) is 5.82 Å². The quantitative estimate of drug-likeness (QED) is 0.560. The van der Waals surface area contributed by atoms with Crippen LogP contribution in [0.2, 0.25) is 0 Å². The van der Waals surface area contributed by atoms with Gasteiger partial charge in [-0.05, 0) is 19.1 Å². The highest BCUT2D eigenvalue weighted by Gasteiger charge is 2.11. The lowest BCUT2D eigenvalue weighted by Crippen LogP contribution is -2.16. The molecule has 0 aliphatic carbocycles. The van der Waals surface area contributed by atoms with Crippen molar-refractivity contribution in [2.24, 2.45) is 7.05 Å². The van der Waals surface area contributed by atoms with Crippen molar-refractivity contribution in [3.63, 3.8) is 0 Å². The van der Waals surface area contributed by atoms with Gasteiger partial charge in [-0.2, -0.15) is 0 Å². The maximum Gasteiger partial charge on any atom is 0.274 e. The zero-order chi connectivity index (χ0) is 14.6. The lowest BCUT2D eigenvalue weighted by Gasteiger charge is -2.06. The molecule has 104 valence electrons. The second-order valence-corrected chi connectivity index (χ2v) is 5.14. The fourth-order valence-electron chi connectivity index (χ4n) is 2.67. The Kier molecular flexibility index (Phi) is 2.29. The van der Waals surface area contributed by atoms with Crippen LogP contribution in [0.3, 0.4) is 0 Å². The second kappa shape index (κ2) is 4.05. The normalized spacial score (nSPS) is 11.5. The number of H-pyrrole nitrogens is 2. The third-order valence-corrected chi connectivity index (χ3v) is 3.66. The molecule has 0 atom stereocenters. The number of aromatic nitrogens is 5. The van der Waals surface area contributed by atoms with Crippen molar-refractivity contribution in [2.75, 3.05) is 0 Å². The first-order valence-electron chi connectivity index (χ1n) is 6.63. The summed E-state index contributed by atoms with van der Waals surface area (Å²) in [5, 5.41) is 0.899. The zero-order valence-corrected chi connectivity index (χ0v) is 11.6. The van der Waals surface area contributed by atoms with Crippen molar-refractivity contribution in [3.05, 3.63) is 46.9 Å². The number of nitrogens with zero attached hydrogens (tertiary/aromatic N) is 3. The molecule has 21 heavy (non-hydrogen) atoms. The highest BCUT2D eigenvalue weighted by molar-refractivity contribution is 5.95. The van der Waals surface area contributed by atoms with Crippen LogP contribution in [-0.2, 0) is 7.05 Å². The second-order valence-electron chi connectivity index (χ2n) is 5.14. The van der Waals surface area contributed by atoms with Gasteiger partial charge in [-0.1, -0.05) is 0 Å². The van der Waals surface area contributed by atoms with Crippen LogP contribution >= 0.6 is 0 Å². The summed E-state index contributed by atoms with van der Waals surface area (Å²) in [7, 11) is 1.75. The summed E-state index contributed by atoms with van der Waals surface area (Å²) in [4.78, 5) is 27.0. The fraction of sp³-hybridized carbons (Fsp3) is 0.133. The Hall–Kier alpha value is -2.89. The largest absolute Gasteiger partial charge is 0.357 e. The minimum atomic E-state index is -0.0369. The zero-order valence-electron chi connectivity index (χ0n) is 11.6.